The van der Waals surface area contributed by atoms with Gasteiger partial charge in [-0.2, -0.15) is 0 Å². The number of nitrogens with one attached hydrogen (secondary N) is 2. The number of thiophene rings is 1. The van der Waals surface area contributed by atoms with Crippen molar-refractivity contribution in [3.05, 3.63) is 78.1 Å². The van der Waals surface area contributed by atoms with Crippen LogP contribution in [-0.4, -0.2) is 35.8 Å². The fourth-order valence-corrected chi connectivity index (χ4v) is 7.84. The molecular weight excluding hydrogens is 521 g/mol. The highest BCUT2D eigenvalue weighted by atomic mass is 32.2. The second kappa shape index (κ2) is 10.6. The van der Waals surface area contributed by atoms with E-state index in [1.807, 2.05) is 30.3 Å². The summed E-state index contributed by atoms with van der Waals surface area (Å²) in [5.74, 6) is 1.43. The minimum absolute atomic E-state index is 0.265. The molecule has 0 atom stereocenters. The molecule has 5 rings (SSSR count). The lowest BCUT2D eigenvalue weighted by atomic mass is 10.1. The third kappa shape index (κ3) is 5.65. The van der Waals surface area contributed by atoms with Crippen molar-refractivity contribution in [2.24, 2.45) is 0 Å². The van der Waals surface area contributed by atoms with Gasteiger partial charge in [-0.3, -0.25) is 0 Å². The van der Waals surface area contributed by atoms with Crippen molar-refractivity contribution in [1.82, 2.24) is 19.8 Å². The van der Waals surface area contributed by atoms with E-state index in [-0.39, 0.29) is 4.21 Å². The van der Waals surface area contributed by atoms with Gasteiger partial charge in [0.25, 0.3) is 0 Å². The lowest BCUT2D eigenvalue weighted by Crippen LogP contribution is -2.25. The Bertz CT molecular complexity index is 1510. The summed E-state index contributed by atoms with van der Waals surface area (Å²) in [6, 6.07) is 19.3. The highest BCUT2D eigenvalue weighted by molar-refractivity contribution is 7.99. The van der Waals surface area contributed by atoms with Gasteiger partial charge in [0.2, 0.25) is 10.0 Å². The van der Waals surface area contributed by atoms with Gasteiger partial charge in [0.15, 0.2) is 5.16 Å². The van der Waals surface area contributed by atoms with Crippen LogP contribution in [0.5, 0.6) is 0 Å². The predicted octanol–water partition coefficient (Wildman–Crippen LogP) is 5.95. The highest BCUT2D eigenvalue weighted by Crippen LogP contribution is 2.31. The van der Waals surface area contributed by atoms with Crippen molar-refractivity contribution >= 4 is 55.9 Å². The molecule has 0 aliphatic carbocycles. The second-order valence-corrected chi connectivity index (χ2v) is 12.8. The van der Waals surface area contributed by atoms with Crippen LogP contribution in [0.1, 0.15) is 11.1 Å². The van der Waals surface area contributed by atoms with Crippen molar-refractivity contribution in [3.8, 4) is 10.6 Å². The molecule has 0 aliphatic heterocycles. The fourth-order valence-electron chi connectivity index (χ4n) is 3.47. The molecule has 7 nitrogen and oxygen atoms in total. The van der Waals surface area contributed by atoms with E-state index in [2.05, 4.69) is 38.9 Å². The first-order valence-corrected chi connectivity index (χ1v) is 15.1. The Morgan fingerprint density at radius 3 is 2.77 bits per heavy atom. The summed E-state index contributed by atoms with van der Waals surface area (Å²) in [5.41, 5.74) is 5.08. The van der Waals surface area contributed by atoms with E-state index in [0.29, 0.717) is 18.0 Å². The van der Waals surface area contributed by atoms with E-state index < -0.39 is 10.0 Å². The molecule has 0 radical (unpaired) electrons. The van der Waals surface area contributed by atoms with Crippen molar-refractivity contribution in [1.29, 1.82) is 0 Å². The maximum Gasteiger partial charge on any atom is 0.250 e. The van der Waals surface area contributed by atoms with Gasteiger partial charge in [0.05, 0.1) is 15.9 Å². The molecule has 3 heterocycles. The summed E-state index contributed by atoms with van der Waals surface area (Å²) in [6.07, 6.45) is 1.47. The number of para-hydroxylation sites is 2. The number of hydrogen-bond acceptors (Lipinski definition) is 8. The van der Waals surface area contributed by atoms with Gasteiger partial charge in [-0.05, 0) is 48.4 Å². The molecule has 0 amide bonds. The zero-order valence-electron chi connectivity index (χ0n) is 18.7. The Balaban J connectivity index is 1.15. The third-order valence-corrected chi connectivity index (χ3v) is 10.5. The lowest BCUT2D eigenvalue weighted by Gasteiger charge is -2.11. The number of hydrogen-bond donors (Lipinski definition) is 2. The lowest BCUT2D eigenvalue weighted by molar-refractivity contribution is 0.422. The molecule has 0 saturated heterocycles. The Labute approximate surface area is 215 Å². The number of benzene rings is 2. The number of aromatic nitrogens is 3. The van der Waals surface area contributed by atoms with E-state index >= 15 is 0 Å². The molecule has 180 valence electrons. The van der Waals surface area contributed by atoms with Crippen molar-refractivity contribution in [3.63, 3.8) is 0 Å². The first kappa shape index (κ1) is 24.1. The summed E-state index contributed by atoms with van der Waals surface area (Å²) < 4.78 is 33.1. The largest absolute Gasteiger partial charge is 0.364 e. The van der Waals surface area contributed by atoms with Crippen LogP contribution in [0, 0.1) is 6.92 Å². The Morgan fingerprint density at radius 1 is 1.06 bits per heavy atom. The number of aromatic amines is 1. The van der Waals surface area contributed by atoms with Crippen molar-refractivity contribution < 1.29 is 12.9 Å². The topological polar surface area (TPSA) is 101 Å². The molecular formula is C24H22N4O3S4. The minimum atomic E-state index is -3.57. The van der Waals surface area contributed by atoms with Gasteiger partial charge in [-0.1, -0.05) is 41.2 Å². The summed E-state index contributed by atoms with van der Waals surface area (Å²) in [7, 11) is -3.57. The Hall–Kier alpha value is -2.57. The van der Waals surface area contributed by atoms with E-state index in [9.17, 15) is 8.42 Å². The molecule has 0 fully saturated rings. The second-order valence-electron chi connectivity index (χ2n) is 7.64. The van der Waals surface area contributed by atoms with Crippen LogP contribution in [0.25, 0.3) is 21.6 Å². The van der Waals surface area contributed by atoms with Gasteiger partial charge in [-0.25, -0.2) is 18.1 Å². The number of imidazole rings is 1. The van der Waals surface area contributed by atoms with Crippen LogP contribution in [-0.2, 0) is 15.8 Å². The summed E-state index contributed by atoms with van der Waals surface area (Å²) >= 11 is 4.49. The van der Waals surface area contributed by atoms with Crippen LogP contribution >= 0.6 is 34.9 Å². The average Bonchev–Trinajstić information content (AvgIpc) is 3.62. The zero-order chi connectivity index (χ0) is 24.3. The molecule has 0 bridgehead atoms. The van der Waals surface area contributed by atoms with Crippen LogP contribution < -0.4 is 4.72 Å². The molecule has 5 aromatic rings. The van der Waals surface area contributed by atoms with Gasteiger partial charge in [0.1, 0.15) is 16.2 Å². The Morgan fingerprint density at radius 2 is 1.94 bits per heavy atom. The summed E-state index contributed by atoms with van der Waals surface area (Å²) in [5, 5.41) is 4.76. The van der Waals surface area contributed by atoms with Crippen LogP contribution in [0.2, 0.25) is 0 Å². The van der Waals surface area contributed by atoms with Crippen LogP contribution in [0.15, 0.2) is 85.7 Å². The first-order chi connectivity index (χ1) is 17.0. The van der Waals surface area contributed by atoms with E-state index in [1.54, 1.807) is 41.7 Å². The molecule has 2 N–H and O–H groups in total. The van der Waals surface area contributed by atoms with Crippen LogP contribution in [0.3, 0.4) is 0 Å². The smallest absolute Gasteiger partial charge is 0.250 e. The predicted molar refractivity (Wildman–Crippen MR) is 143 cm³/mol. The molecule has 2 aromatic carbocycles. The molecule has 0 aliphatic rings. The maximum absolute atomic E-state index is 12.7. The number of sulfonamides is 1. The number of nitrogens with zero attached hydrogens (tertiary/aromatic N) is 2. The molecule has 3 aromatic heterocycles. The molecule has 35 heavy (non-hydrogen) atoms. The summed E-state index contributed by atoms with van der Waals surface area (Å²) in [4.78, 5) is 9.89. The Kier molecular flexibility index (Phi) is 7.30. The highest BCUT2D eigenvalue weighted by Gasteiger charge is 2.18. The zero-order valence-corrected chi connectivity index (χ0v) is 22.0. The molecule has 11 heteroatoms. The average molecular weight is 543 g/mol. The van der Waals surface area contributed by atoms with Gasteiger partial charge < -0.3 is 9.51 Å². The number of fused-ring (bicyclic) bond motifs is 1. The van der Waals surface area contributed by atoms with Crippen molar-refractivity contribution in [2.45, 2.75) is 26.9 Å². The standard InChI is InChI=1S/C24H22N4O3S4/c1-16-17(15-33-24-26-18-6-2-3-7-19(18)27-24)5-4-8-21(16)32-14-12-25-35(29,30)23-10-9-22(34-23)20-11-13-31-28-20/h2-11,13,25H,12,14-15H2,1H3,(H,26,27). The van der Waals surface area contributed by atoms with Crippen LogP contribution in [0.4, 0.5) is 0 Å². The van der Waals surface area contributed by atoms with E-state index in [4.69, 9.17) is 4.52 Å². The molecule has 0 spiro atoms. The van der Waals surface area contributed by atoms with E-state index in [0.717, 1.165) is 31.7 Å². The number of thioether (sulfide) groups is 2. The normalized spacial score (nSPS) is 11.9. The maximum atomic E-state index is 12.7. The summed E-state index contributed by atoms with van der Waals surface area (Å²) in [6.45, 7) is 2.44. The number of rotatable bonds is 10. The SMILES string of the molecule is Cc1c(CSc2nc3ccccc3[nH]2)cccc1SCCNS(=O)(=O)c1ccc(-c2ccon2)s1. The van der Waals surface area contributed by atoms with Gasteiger partial charge in [0, 0.05) is 29.0 Å². The molecule has 0 unspecified atom stereocenters. The van der Waals surface area contributed by atoms with Gasteiger partial charge >= 0.3 is 0 Å². The fraction of sp³-hybridized carbons (Fsp3) is 0.167. The first-order valence-electron chi connectivity index (χ1n) is 10.8. The molecule has 0 saturated carbocycles. The number of H-pyrrole nitrogens is 1. The van der Waals surface area contributed by atoms with E-state index in [1.165, 1.54) is 28.7 Å². The van der Waals surface area contributed by atoms with Crippen molar-refractivity contribution in [2.75, 3.05) is 12.3 Å². The minimum Gasteiger partial charge on any atom is -0.364 e. The van der Waals surface area contributed by atoms with Gasteiger partial charge in [-0.15, -0.1) is 23.1 Å². The third-order valence-electron chi connectivity index (χ3n) is 5.32. The quantitative estimate of drug-likeness (QED) is 0.166. The monoisotopic (exact) mass is 542 g/mol.